The van der Waals surface area contributed by atoms with E-state index in [4.69, 9.17) is 0 Å². The minimum absolute atomic E-state index is 0.124. The van der Waals surface area contributed by atoms with E-state index in [1.54, 1.807) is 25.1 Å². The fourth-order valence-corrected chi connectivity index (χ4v) is 2.98. The molecule has 0 radical (unpaired) electrons. The van der Waals surface area contributed by atoms with Crippen molar-refractivity contribution in [2.24, 2.45) is 11.8 Å². The van der Waals surface area contributed by atoms with Crippen molar-refractivity contribution < 1.29 is 19.8 Å². The van der Waals surface area contributed by atoms with Crippen LogP contribution in [0.1, 0.15) is 39.2 Å². The first-order valence-electron chi connectivity index (χ1n) is 8.74. The number of hydrogen-bond donors (Lipinski definition) is 3. The second-order valence-corrected chi connectivity index (χ2v) is 6.74. The highest BCUT2D eigenvalue weighted by molar-refractivity contribution is 6.23. The van der Waals surface area contributed by atoms with Crippen LogP contribution >= 0.6 is 0 Å². The summed E-state index contributed by atoms with van der Waals surface area (Å²) in [5.74, 6) is -1.16. The van der Waals surface area contributed by atoms with Gasteiger partial charge in [0.25, 0.3) is 5.91 Å². The Morgan fingerprint density at radius 1 is 1.19 bits per heavy atom. The number of carbonyl (C=O) groups excluding carboxylic acids is 2. The fourth-order valence-electron chi connectivity index (χ4n) is 2.98. The number of carbonyl (C=O) groups is 2. The first-order chi connectivity index (χ1) is 12.3. The highest BCUT2D eigenvalue weighted by Crippen LogP contribution is 2.26. The molecule has 5 nitrogen and oxygen atoms in total. The Hall–Kier alpha value is -2.82. The van der Waals surface area contributed by atoms with Crippen LogP contribution in [0.15, 0.2) is 53.4 Å². The lowest BCUT2D eigenvalue weighted by atomic mass is 9.88. The van der Waals surface area contributed by atoms with Gasteiger partial charge in [-0.25, -0.2) is 0 Å². The van der Waals surface area contributed by atoms with Gasteiger partial charge < -0.3 is 15.5 Å². The molecule has 0 saturated heterocycles. The van der Waals surface area contributed by atoms with Crippen LogP contribution < -0.4 is 5.32 Å². The summed E-state index contributed by atoms with van der Waals surface area (Å²) in [5, 5.41) is 22.2. The lowest BCUT2D eigenvalue weighted by Gasteiger charge is -2.15. The van der Waals surface area contributed by atoms with E-state index in [0.717, 1.165) is 6.42 Å². The molecule has 1 amide bonds. The van der Waals surface area contributed by atoms with E-state index in [1.165, 1.54) is 12.1 Å². The molecule has 1 aromatic carbocycles. The Morgan fingerprint density at radius 2 is 1.85 bits per heavy atom. The minimum Gasteiger partial charge on any atom is -0.508 e. The van der Waals surface area contributed by atoms with Crippen molar-refractivity contribution in [3.63, 3.8) is 0 Å². The summed E-state index contributed by atoms with van der Waals surface area (Å²) in [5.41, 5.74) is 0.699. The van der Waals surface area contributed by atoms with Gasteiger partial charge in [-0.1, -0.05) is 38.1 Å². The molecule has 5 heteroatoms. The maximum Gasteiger partial charge on any atom is 0.263 e. The first-order valence-corrected chi connectivity index (χ1v) is 8.74. The largest absolute Gasteiger partial charge is 0.508 e. The van der Waals surface area contributed by atoms with Crippen molar-refractivity contribution in [3.8, 4) is 5.75 Å². The smallest absolute Gasteiger partial charge is 0.263 e. The van der Waals surface area contributed by atoms with Crippen LogP contribution in [0.5, 0.6) is 5.75 Å². The number of aliphatic hydroxyl groups excluding tert-OH is 1. The van der Waals surface area contributed by atoms with Crippen LogP contribution in [0.25, 0.3) is 6.08 Å². The molecule has 0 bridgehead atoms. The third-order valence-electron chi connectivity index (χ3n) is 4.40. The van der Waals surface area contributed by atoms with Crippen LogP contribution in [-0.4, -0.2) is 21.9 Å². The zero-order valence-electron chi connectivity index (χ0n) is 15.3. The molecule has 0 aliphatic carbocycles. The highest BCUT2D eigenvalue weighted by atomic mass is 16.3. The maximum atomic E-state index is 12.7. The molecule has 2 atom stereocenters. The van der Waals surface area contributed by atoms with Crippen LogP contribution in [0, 0.1) is 11.8 Å². The quantitative estimate of drug-likeness (QED) is 0.512. The average molecular weight is 355 g/mol. The predicted octanol–water partition coefficient (Wildman–Crippen LogP) is 3.87. The second-order valence-electron chi connectivity index (χ2n) is 6.74. The van der Waals surface area contributed by atoms with Gasteiger partial charge in [0.1, 0.15) is 11.3 Å². The molecule has 0 fully saturated rings. The van der Waals surface area contributed by atoms with E-state index < -0.39 is 5.91 Å². The number of rotatable bonds is 7. The zero-order valence-corrected chi connectivity index (χ0v) is 15.3. The van der Waals surface area contributed by atoms with Crippen LogP contribution in [-0.2, 0) is 9.59 Å². The first kappa shape index (κ1) is 19.5. The maximum absolute atomic E-state index is 12.7. The number of aliphatic hydroxyl groups is 1. The van der Waals surface area contributed by atoms with Crippen molar-refractivity contribution in [2.45, 2.75) is 33.6 Å². The summed E-state index contributed by atoms with van der Waals surface area (Å²) < 4.78 is 0. The Labute approximate surface area is 153 Å². The molecular formula is C21H25NO4. The summed E-state index contributed by atoms with van der Waals surface area (Å²) in [7, 11) is 0. The monoisotopic (exact) mass is 355 g/mol. The van der Waals surface area contributed by atoms with Crippen molar-refractivity contribution in [1.29, 1.82) is 0 Å². The van der Waals surface area contributed by atoms with Crippen LogP contribution in [0.2, 0.25) is 0 Å². The van der Waals surface area contributed by atoms with Gasteiger partial charge in [0, 0.05) is 5.92 Å². The van der Waals surface area contributed by atoms with Gasteiger partial charge in [-0.2, -0.15) is 0 Å². The standard InChI is InChI=1S/C21H25NO4/c1-4-5-6-13(2)11-14(3)19(24)18-20(25)17(22-21(18)26)12-15-7-9-16(23)10-8-15/h4-5,7-10,12-14,23,25H,6,11H2,1-3H3,(H,22,26)/b5-4+,17-12-/t13-,14-/m0/s1. The van der Waals surface area contributed by atoms with Gasteiger partial charge in [0.05, 0.1) is 5.70 Å². The lowest BCUT2D eigenvalue weighted by Crippen LogP contribution is -2.24. The number of phenols is 1. The summed E-state index contributed by atoms with van der Waals surface area (Å²) in [4.78, 5) is 24.9. The topological polar surface area (TPSA) is 86.6 Å². The van der Waals surface area contributed by atoms with Gasteiger partial charge in [-0.05, 0) is 49.5 Å². The number of phenolic OH excluding ortho intramolecular Hbond substituents is 1. The van der Waals surface area contributed by atoms with Crippen LogP contribution in [0.3, 0.4) is 0 Å². The normalized spacial score (nSPS) is 18.4. The molecule has 138 valence electrons. The molecule has 1 aliphatic rings. The highest BCUT2D eigenvalue weighted by Gasteiger charge is 2.34. The lowest BCUT2D eigenvalue weighted by molar-refractivity contribution is -0.123. The number of aromatic hydroxyl groups is 1. The number of hydrogen-bond acceptors (Lipinski definition) is 4. The van der Waals surface area contributed by atoms with Gasteiger partial charge in [-0.15, -0.1) is 0 Å². The van der Waals surface area contributed by atoms with Crippen molar-refractivity contribution in [3.05, 3.63) is 59.0 Å². The van der Waals surface area contributed by atoms with Crippen molar-refractivity contribution in [2.75, 3.05) is 0 Å². The predicted molar refractivity (Wildman–Crippen MR) is 101 cm³/mol. The third-order valence-corrected chi connectivity index (χ3v) is 4.40. The molecule has 0 aromatic heterocycles. The molecule has 1 heterocycles. The Kier molecular flexibility index (Phi) is 6.39. The molecule has 2 rings (SSSR count). The zero-order chi connectivity index (χ0) is 19.3. The average Bonchev–Trinajstić information content (AvgIpc) is 2.88. The number of allylic oxidation sites excluding steroid dienone is 2. The molecule has 1 aromatic rings. The van der Waals surface area contributed by atoms with Crippen LogP contribution in [0.4, 0.5) is 0 Å². The van der Waals surface area contributed by atoms with Gasteiger partial charge >= 0.3 is 0 Å². The molecular weight excluding hydrogens is 330 g/mol. The van der Waals surface area contributed by atoms with E-state index in [-0.39, 0.29) is 34.5 Å². The minimum atomic E-state index is -0.578. The molecule has 1 aliphatic heterocycles. The van der Waals surface area contributed by atoms with Gasteiger partial charge in [-0.3, -0.25) is 9.59 Å². The van der Waals surface area contributed by atoms with Gasteiger partial charge in [0.2, 0.25) is 0 Å². The summed E-state index contributed by atoms with van der Waals surface area (Å²) in [6.45, 7) is 5.79. The fraction of sp³-hybridized carbons (Fsp3) is 0.333. The third kappa shape index (κ3) is 4.63. The van der Waals surface area contributed by atoms with E-state index >= 15 is 0 Å². The number of ketones is 1. The molecule has 0 saturated carbocycles. The second kappa shape index (κ2) is 8.52. The molecule has 0 spiro atoms. The summed E-state index contributed by atoms with van der Waals surface area (Å²) in [6.07, 6.45) is 7.11. The van der Waals surface area contributed by atoms with Gasteiger partial charge in [0.15, 0.2) is 11.5 Å². The van der Waals surface area contributed by atoms with Crippen molar-refractivity contribution >= 4 is 17.8 Å². The number of benzene rings is 1. The Balaban J connectivity index is 2.18. The number of amides is 1. The van der Waals surface area contributed by atoms with Crippen molar-refractivity contribution in [1.82, 2.24) is 5.32 Å². The Bertz CT molecular complexity index is 772. The molecule has 3 N–H and O–H groups in total. The summed E-state index contributed by atoms with van der Waals surface area (Å²) >= 11 is 0. The van der Waals surface area contributed by atoms with E-state index in [0.29, 0.717) is 17.9 Å². The van der Waals surface area contributed by atoms with E-state index in [9.17, 15) is 19.8 Å². The summed E-state index contributed by atoms with van der Waals surface area (Å²) in [6, 6.07) is 6.30. The number of nitrogens with one attached hydrogen (secondary N) is 1. The van der Waals surface area contributed by atoms with E-state index in [1.807, 2.05) is 13.0 Å². The Morgan fingerprint density at radius 3 is 2.46 bits per heavy atom. The molecule has 0 unspecified atom stereocenters. The van der Waals surface area contributed by atoms with E-state index in [2.05, 4.69) is 18.3 Å². The molecule has 26 heavy (non-hydrogen) atoms. The number of Topliss-reactive ketones (excluding diaryl/α,β-unsaturated/α-hetero) is 1. The SMILES string of the molecule is C/C=C/C[C@H](C)C[C@H](C)C(=O)C1=C(O)/C(=C/c2ccc(O)cc2)NC1=O.